The largest absolute Gasteiger partial charge is 0.336 e. The van der Waals surface area contributed by atoms with Crippen molar-refractivity contribution in [1.82, 2.24) is 25.0 Å². The lowest BCUT2D eigenvalue weighted by molar-refractivity contribution is 0.0596. The Labute approximate surface area is 148 Å². The van der Waals surface area contributed by atoms with Crippen LogP contribution < -0.4 is 5.32 Å². The van der Waals surface area contributed by atoms with Gasteiger partial charge < -0.3 is 10.2 Å². The van der Waals surface area contributed by atoms with Gasteiger partial charge in [-0.05, 0) is 43.4 Å². The van der Waals surface area contributed by atoms with Crippen molar-refractivity contribution >= 4 is 5.91 Å². The highest BCUT2D eigenvalue weighted by molar-refractivity contribution is 5.90. The molecule has 1 aromatic carbocycles. The predicted octanol–water partition coefficient (Wildman–Crippen LogP) is 2.05. The van der Waals surface area contributed by atoms with Crippen molar-refractivity contribution in [2.24, 2.45) is 5.41 Å². The van der Waals surface area contributed by atoms with E-state index in [-0.39, 0.29) is 5.91 Å². The van der Waals surface area contributed by atoms with Crippen LogP contribution in [0.3, 0.4) is 0 Å². The second-order valence-corrected chi connectivity index (χ2v) is 7.17. The fourth-order valence-corrected chi connectivity index (χ4v) is 3.99. The molecule has 2 aliphatic rings. The molecule has 2 saturated heterocycles. The Balaban J connectivity index is 1.52. The van der Waals surface area contributed by atoms with Gasteiger partial charge >= 0.3 is 0 Å². The van der Waals surface area contributed by atoms with Gasteiger partial charge in [-0.25, -0.2) is 9.67 Å². The summed E-state index contributed by atoms with van der Waals surface area (Å²) in [5.74, 6) is 1.11. The number of hydrogen-bond donors (Lipinski definition) is 1. The van der Waals surface area contributed by atoms with Gasteiger partial charge in [0, 0.05) is 26.1 Å². The zero-order valence-electron chi connectivity index (χ0n) is 14.7. The molecule has 0 radical (unpaired) electrons. The van der Waals surface area contributed by atoms with Gasteiger partial charge in [0.2, 0.25) is 5.82 Å². The van der Waals surface area contributed by atoms with E-state index < -0.39 is 0 Å². The first-order chi connectivity index (χ1) is 12.2. The molecule has 0 unspecified atom stereocenters. The number of carbonyl (C=O) groups is 1. The molecule has 2 aromatic rings. The van der Waals surface area contributed by atoms with E-state index in [2.05, 4.69) is 15.4 Å². The minimum atomic E-state index is -0.0369. The number of carbonyl (C=O) groups excluding carboxylic acids is 1. The zero-order valence-corrected chi connectivity index (χ0v) is 14.7. The molecule has 4 rings (SSSR count). The van der Waals surface area contributed by atoms with Crippen LogP contribution >= 0.6 is 0 Å². The first-order valence-electron chi connectivity index (χ1n) is 9.22. The molecular formula is C19H25N5O. The predicted molar refractivity (Wildman–Crippen MR) is 95.8 cm³/mol. The number of para-hydroxylation sites is 1. The summed E-state index contributed by atoms with van der Waals surface area (Å²) >= 11 is 0. The van der Waals surface area contributed by atoms with Gasteiger partial charge in [0.15, 0.2) is 0 Å². The van der Waals surface area contributed by atoms with E-state index in [9.17, 15) is 4.79 Å². The second-order valence-electron chi connectivity index (χ2n) is 7.17. The van der Waals surface area contributed by atoms with Gasteiger partial charge in [-0.2, -0.15) is 0 Å². The Morgan fingerprint density at radius 3 is 2.60 bits per heavy atom. The molecule has 132 valence electrons. The second kappa shape index (κ2) is 6.59. The third-order valence-corrected chi connectivity index (χ3v) is 5.63. The van der Waals surface area contributed by atoms with Crippen molar-refractivity contribution < 1.29 is 4.79 Å². The molecule has 1 spiro atoms. The zero-order chi connectivity index (χ0) is 17.3. The lowest BCUT2D eigenvalue weighted by atomic mass is 9.78. The first kappa shape index (κ1) is 16.3. The molecule has 3 heterocycles. The van der Waals surface area contributed by atoms with Crippen molar-refractivity contribution in [2.75, 3.05) is 26.2 Å². The number of benzene rings is 1. The number of aryl methyl sites for hydroxylation is 1. The average Bonchev–Trinajstić information content (AvgIpc) is 3.30. The number of amides is 1. The molecular weight excluding hydrogens is 314 g/mol. The Kier molecular flexibility index (Phi) is 4.29. The third-order valence-electron chi connectivity index (χ3n) is 5.63. The van der Waals surface area contributed by atoms with Gasteiger partial charge in [-0.15, -0.1) is 5.10 Å². The van der Waals surface area contributed by atoms with Crippen LogP contribution in [0.5, 0.6) is 0 Å². The summed E-state index contributed by atoms with van der Waals surface area (Å²) in [5, 5.41) is 7.98. The Morgan fingerprint density at radius 2 is 1.96 bits per heavy atom. The van der Waals surface area contributed by atoms with Gasteiger partial charge in [0.25, 0.3) is 5.91 Å². The first-order valence-corrected chi connectivity index (χ1v) is 9.22. The van der Waals surface area contributed by atoms with Crippen molar-refractivity contribution in [1.29, 1.82) is 0 Å². The highest BCUT2D eigenvalue weighted by atomic mass is 16.2. The average molecular weight is 339 g/mol. The SMILES string of the molecule is CCc1nc(C(=O)N2CCC3(CCNC3)CC2)nn1-c1ccccc1. The monoisotopic (exact) mass is 339 g/mol. The molecule has 25 heavy (non-hydrogen) atoms. The Bertz CT molecular complexity index is 738. The molecule has 0 bridgehead atoms. The maximum atomic E-state index is 12.9. The van der Waals surface area contributed by atoms with Crippen molar-refractivity contribution in [3.63, 3.8) is 0 Å². The lowest BCUT2D eigenvalue weighted by Crippen LogP contribution is -2.44. The lowest BCUT2D eigenvalue weighted by Gasteiger charge is -2.38. The molecule has 0 saturated carbocycles. The van der Waals surface area contributed by atoms with Crippen molar-refractivity contribution in [2.45, 2.75) is 32.6 Å². The van der Waals surface area contributed by atoms with E-state index >= 15 is 0 Å². The van der Waals surface area contributed by atoms with Crippen LogP contribution in [0.1, 0.15) is 42.6 Å². The molecule has 2 fully saturated rings. The fourth-order valence-electron chi connectivity index (χ4n) is 3.99. The maximum absolute atomic E-state index is 12.9. The number of likely N-dealkylation sites (tertiary alicyclic amines) is 1. The van der Waals surface area contributed by atoms with E-state index in [1.807, 2.05) is 42.2 Å². The Hall–Kier alpha value is -2.21. The van der Waals surface area contributed by atoms with Gasteiger partial charge in [0.1, 0.15) is 5.82 Å². The molecule has 0 aliphatic carbocycles. The molecule has 1 amide bonds. The van der Waals surface area contributed by atoms with Gasteiger partial charge in [0.05, 0.1) is 5.69 Å². The quantitative estimate of drug-likeness (QED) is 0.930. The summed E-state index contributed by atoms with van der Waals surface area (Å²) in [6.07, 6.45) is 4.12. The highest BCUT2D eigenvalue weighted by Crippen LogP contribution is 2.37. The molecule has 6 nitrogen and oxygen atoms in total. The summed E-state index contributed by atoms with van der Waals surface area (Å²) in [7, 11) is 0. The highest BCUT2D eigenvalue weighted by Gasteiger charge is 2.38. The standard InChI is InChI=1S/C19H25N5O/c1-2-16-21-17(22-24(16)15-6-4-3-5-7-15)18(25)23-12-9-19(10-13-23)8-11-20-14-19/h3-7,20H,2,8-14H2,1H3. The normalized spacial score (nSPS) is 19.5. The third kappa shape index (κ3) is 3.06. The van der Waals surface area contributed by atoms with E-state index in [0.717, 1.165) is 57.0 Å². The van der Waals surface area contributed by atoms with E-state index in [4.69, 9.17) is 0 Å². The minimum Gasteiger partial charge on any atom is -0.336 e. The van der Waals surface area contributed by atoms with Crippen LogP contribution in [0.2, 0.25) is 0 Å². The van der Waals surface area contributed by atoms with Crippen LogP contribution in [0.25, 0.3) is 5.69 Å². The van der Waals surface area contributed by atoms with Crippen molar-refractivity contribution in [3.05, 3.63) is 42.0 Å². The number of rotatable bonds is 3. The summed E-state index contributed by atoms with van der Waals surface area (Å²) in [5.41, 5.74) is 1.35. The summed E-state index contributed by atoms with van der Waals surface area (Å²) < 4.78 is 1.79. The van der Waals surface area contributed by atoms with E-state index in [1.54, 1.807) is 4.68 Å². The van der Waals surface area contributed by atoms with E-state index in [0.29, 0.717) is 11.2 Å². The number of nitrogens with one attached hydrogen (secondary N) is 1. The molecule has 6 heteroatoms. The van der Waals surface area contributed by atoms with Crippen LogP contribution in [-0.2, 0) is 6.42 Å². The number of aromatic nitrogens is 3. The Morgan fingerprint density at radius 1 is 1.20 bits per heavy atom. The number of piperidine rings is 1. The molecule has 1 aromatic heterocycles. The summed E-state index contributed by atoms with van der Waals surface area (Å²) in [6, 6.07) is 9.88. The topological polar surface area (TPSA) is 63.1 Å². The van der Waals surface area contributed by atoms with E-state index in [1.165, 1.54) is 6.42 Å². The maximum Gasteiger partial charge on any atom is 0.293 e. The number of nitrogens with zero attached hydrogens (tertiary/aromatic N) is 4. The molecule has 0 atom stereocenters. The van der Waals surface area contributed by atoms with Crippen LogP contribution in [0.4, 0.5) is 0 Å². The molecule has 2 aliphatic heterocycles. The fraction of sp³-hybridized carbons (Fsp3) is 0.526. The minimum absolute atomic E-state index is 0.0369. The summed E-state index contributed by atoms with van der Waals surface area (Å²) in [4.78, 5) is 19.3. The molecule has 1 N–H and O–H groups in total. The van der Waals surface area contributed by atoms with Crippen molar-refractivity contribution in [3.8, 4) is 5.69 Å². The van der Waals surface area contributed by atoms with Gasteiger partial charge in [-0.1, -0.05) is 25.1 Å². The van der Waals surface area contributed by atoms with Gasteiger partial charge in [-0.3, -0.25) is 4.79 Å². The van der Waals surface area contributed by atoms with Crippen LogP contribution in [0.15, 0.2) is 30.3 Å². The number of hydrogen-bond acceptors (Lipinski definition) is 4. The van der Waals surface area contributed by atoms with Crippen LogP contribution in [0, 0.1) is 5.41 Å². The smallest absolute Gasteiger partial charge is 0.293 e. The van der Waals surface area contributed by atoms with Crippen LogP contribution in [-0.4, -0.2) is 51.8 Å². The summed E-state index contributed by atoms with van der Waals surface area (Å²) in [6.45, 7) is 5.85.